The maximum atomic E-state index is 13.1. The topological polar surface area (TPSA) is 84.5 Å². The zero-order valence-electron chi connectivity index (χ0n) is 18.0. The molecule has 7 heteroatoms. The van der Waals surface area contributed by atoms with Crippen LogP contribution in [0.25, 0.3) is 0 Å². The monoisotopic (exact) mass is 438 g/mol. The molecule has 0 saturated heterocycles. The summed E-state index contributed by atoms with van der Waals surface area (Å²) in [6.07, 6.45) is 0. The molecular formula is C24H26N2O4S. The minimum Gasteiger partial charge on any atom is -0.496 e. The summed E-state index contributed by atoms with van der Waals surface area (Å²) >= 11 is 0. The van der Waals surface area contributed by atoms with E-state index in [1.807, 2.05) is 37.3 Å². The molecule has 0 radical (unpaired) electrons. The molecule has 0 fully saturated rings. The Labute approximate surface area is 183 Å². The van der Waals surface area contributed by atoms with Gasteiger partial charge in [0.2, 0.25) is 0 Å². The van der Waals surface area contributed by atoms with Crippen LogP contribution >= 0.6 is 0 Å². The third kappa shape index (κ3) is 5.06. The first-order valence-electron chi connectivity index (χ1n) is 9.86. The van der Waals surface area contributed by atoms with Crippen molar-refractivity contribution in [2.45, 2.75) is 31.7 Å². The summed E-state index contributed by atoms with van der Waals surface area (Å²) in [6.45, 7) is 5.36. The van der Waals surface area contributed by atoms with Crippen LogP contribution in [0.15, 0.2) is 71.6 Å². The maximum absolute atomic E-state index is 13.1. The minimum absolute atomic E-state index is 0.138. The fourth-order valence-corrected chi connectivity index (χ4v) is 4.73. The summed E-state index contributed by atoms with van der Waals surface area (Å²) < 4.78 is 34.1. The van der Waals surface area contributed by atoms with Crippen LogP contribution in [-0.4, -0.2) is 21.4 Å². The summed E-state index contributed by atoms with van der Waals surface area (Å²) in [5.41, 5.74) is 2.67. The Morgan fingerprint density at radius 1 is 0.935 bits per heavy atom. The average Bonchev–Trinajstić information content (AvgIpc) is 2.75. The number of aryl methyl sites for hydroxylation is 2. The zero-order chi connectivity index (χ0) is 22.6. The normalized spacial score (nSPS) is 12.1. The van der Waals surface area contributed by atoms with Gasteiger partial charge < -0.3 is 10.1 Å². The highest BCUT2D eigenvalue weighted by Crippen LogP contribution is 2.28. The molecule has 6 nitrogen and oxygen atoms in total. The van der Waals surface area contributed by atoms with Crippen LogP contribution in [0.4, 0.5) is 5.69 Å². The lowest BCUT2D eigenvalue weighted by molar-refractivity contribution is 0.0941. The summed E-state index contributed by atoms with van der Waals surface area (Å²) in [4.78, 5) is 13.1. The number of nitrogens with one attached hydrogen (secondary N) is 2. The zero-order valence-corrected chi connectivity index (χ0v) is 18.8. The van der Waals surface area contributed by atoms with Crippen molar-refractivity contribution >= 4 is 21.6 Å². The number of ether oxygens (including phenoxy) is 1. The van der Waals surface area contributed by atoms with Gasteiger partial charge >= 0.3 is 0 Å². The van der Waals surface area contributed by atoms with E-state index >= 15 is 0 Å². The highest BCUT2D eigenvalue weighted by atomic mass is 32.2. The van der Waals surface area contributed by atoms with Crippen LogP contribution < -0.4 is 14.8 Å². The van der Waals surface area contributed by atoms with Crippen LogP contribution in [0.5, 0.6) is 5.75 Å². The fourth-order valence-electron chi connectivity index (χ4n) is 3.34. The number of hydrogen-bond donors (Lipinski definition) is 2. The van der Waals surface area contributed by atoms with Gasteiger partial charge in [0, 0.05) is 0 Å². The number of hydrogen-bond acceptors (Lipinski definition) is 4. The van der Waals surface area contributed by atoms with Crippen molar-refractivity contribution in [3.05, 3.63) is 89.0 Å². The van der Waals surface area contributed by atoms with Crippen LogP contribution in [0.1, 0.15) is 40.0 Å². The minimum atomic E-state index is -3.91. The molecule has 3 rings (SSSR count). The van der Waals surface area contributed by atoms with Crippen molar-refractivity contribution < 1.29 is 17.9 Å². The van der Waals surface area contributed by atoms with Crippen molar-refractivity contribution in [2.75, 3.05) is 11.8 Å². The van der Waals surface area contributed by atoms with Crippen molar-refractivity contribution in [3.8, 4) is 5.75 Å². The summed E-state index contributed by atoms with van der Waals surface area (Å²) in [5, 5.41) is 2.92. The van der Waals surface area contributed by atoms with Gasteiger partial charge in [0.25, 0.3) is 15.9 Å². The van der Waals surface area contributed by atoms with E-state index in [4.69, 9.17) is 4.74 Å². The van der Waals surface area contributed by atoms with Crippen molar-refractivity contribution in [1.82, 2.24) is 5.32 Å². The lowest BCUT2D eigenvalue weighted by atomic mass is 10.1. The molecule has 0 aliphatic heterocycles. The molecule has 0 unspecified atom stereocenters. The number of carbonyl (C=O) groups is 1. The molecule has 0 saturated carbocycles. The number of sulfonamides is 1. The number of rotatable bonds is 7. The molecule has 31 heavy (non-hydrogen) atoms. The predicted octanol–water partition coefficient (Wildman–Crippen LogP) is 4.60. The Morgan fingerprint density at radius 3 is 2.26 bits per heavy atom. The van der Waals surface area contributed by atoms with Crippen molar-refractivity contribution in [1.29, 1.82) is 0 Å². The average molecular weight is 439 g/mol. The summed E-state index contributed by atoms with van der Waals surface area (Å²) in [5.74, 6) is 0.253. The van der Waals surface area contributed by atoms with Crippen LogP contribution in [-0.2, 0) is 10.0 Å². The SMILES string of the molecule is COc1cc(C)c(S(=O)(=O)Nc2ccccc2C(=O)N[C@H](C)c2ccccc2)cc1C. The summed E-state index contributed by atoms with van der Waals surface area (Å²) in [7, 11) is -2.37. The number of carbonyl (C=O) groups excluding carboxylic acids is 1. The molecule has 162 valence electrons. The number of para-hydroxylation sites is 1. The molecule has 2 N–H and O–H groups in total. The van der Waals surface area contributed by atoms with E-state index in [2.05, 4.69) is 10.0 Å². The third-order valence-electron chi connectivity index (χ3n) is 5.05. The van der Waals surface area contributed by atoms with Gasteiger partial charge in [-0.2, -0.15) is 0 Å². The Bertz CT molecular complexity index is 1190. The van der Waals surface area contributed by atoms with Crippen molar-refractivity contribution in [2.24, 2.45) is 0 Å². The van der Waals surface area contributed by atoms with E-state index < -0.39 is 10.0 Å². The molecule has 3 aromatic carbocycles. The molecular weight excluding hydrogens is 412 g/mol. The lowest BCUT2D eigenvalue weighted by Gasteiger charge is -2.18. The van der Waals surface area contributed by atoms with Crippen LogP contribution in [0, 0.1) is 13.8 Å². The van der Waals surface area contributed by atoms with Gasteiger partial charge in [-0.3, -0.25) is 9.52 Å². The molecule has 1 amide bonds. The molecule has 1 atom stereocenters. The van der Waals surface area contributed by atoms with E-state index in [0.29, 0.717) is 16.9 Å². The van der Waals surface area contributed by atoms with Gasteiger partial charge in [0.05, 0.1) is 29.3 Å². The second-order valence-corrected chi connectivity index (χ2v) is 9.00. The van der Waals surface area contributed by atoms with Gasteiger partial charge in [-0.15, -0.1) is 0 Å². The third-order valence-corrected chi connectivity index (χ3v) is 6.55. The second-order valence-electron chi connectivity index (χ2n) is 7.34. The Hall–Kier alpha value is -3.32. The van der Waals surface area contributed by atoms with Gasteiger partial charge in [-0.05, 0) is 61.7 Å². The molecule has 0 spiro atoms. The van der Waals surface area contributed by atoms with Crippen LogP contribution in [0.3, 0.4) is 0 Å². The van der Waals surface area contributed by atoms with E-state index in [9.17, 15) is 13.2 Å². The van der Waals surface area contributed by atoms with E-state index in [0.717, 1.165) is 5.56 Å². The van der Waals surface area contributed by atoms with Gasteiger partial charge in [0.15, 0.2) is 0 Å². The van der Waals surface area contributed by atoms with Gasteiger partial charge in [-0.1, -0.05) is 42.5 Å². The van der Waals surface area contributed by atoms with Crippen molar-refractivity contribution in [3.63, 3.8) is 0 Å². The number of amides is 1. The second kappa shape index (κ2) is 9.22. The molecule has 3 aromatic rings. The Balaban J connectivity index is 1.88. The molecule has 0 heterocycles. The first kappa shape index (κ1) is 22.4. The van der Waals surface area contributed by atoms with E-state index in [-0.39, 0.29) is 28.1 Å². The molecule has 0 aromatic heterocycles. The molecule has 0 aliphatic carbocycles. The predicted molar refractivity (Wildman–Crippen MR) is 122 cm³/mol. The first-order valence-corrected chi connectivity index (χ1v) is 11.3. The molecule has 0 aliphatic rings. The maximum Gasteiger partial charge on any atom is 0.262 e. The largest absolute Gasteiger partial charge is 0.496 e. The standard InChI is InChI=1S/C24H26N2O4S/c1-16-15-23(17(2)14-22(16)30-4)31(28,29)26-21-13-9-8-12-20(21)24(27)25-18(3)19-10-6-5-7-11-19/h5-15,18,26H,1-4H3,(H,25,27)/t18-/m1/s1. The molecule has 0 bridgehead atoms. The number of anilines is 1. The van der Waals surface area contributed by atoms with E-state index in [1.54, 1.807) is 57.4 Å². The highest BCUT2D eigenvalue weighted by Gasteiger charge is 2.22. The highest BCUT2D eigenvalue weighted by molar-refractivity contribution is 7.92. The fraction of sp³-hybridized carbons (Fsp3) is 0.208. The van der Waals surface area contributed by atoms with E-state index in [1.165, 1.54) is 0 Å². The quantitative estimate of drug-likeness (QED) is 0.564. The Morgan fingerprint density at radius 2 is 1.58 bits per heavy atom. The Kier molecular flexibility index (Phi) is 6.65. The number of methoxy groups -OCH3 is 1. The van der Waals surface area contributed by atoms with Crippen LogP contribution in [0.2, 0.25) is 0 Å². The van der Waals surface area contributed by atoms with Gasteiger partial charge in [0.1, 0.15) is 5.75 Å². The lowest BCUT2D eigenvalue weighted by Crippen LogP contribution is -2.28. The number of benzene rings is 3. The smallest absolute Gasteiger partial charge is 0.262 e. The summed E-state index contributed by atoms with van der Waals surface area (Å²) in [6, 6.07) is 19.1. The van der Waals surface area contributed by atoms with Gasteiger partial charge in [-0.25, -0.2) is 8.42 Å². The first-order chi connectivity index (χ1) is 14.7.